The molecule has 2 aliphatic rings. The Labute approximate surface area is 108 Å². The molecule has 0 unspecified atom stereocenters. The SMILES string of the molecule is NC1(c2c(O)c(Br)cc3c2OCO3)CCCC1. The molecular formula is C12H14BrNO3. The molecule has 5 heteroatoms. The molecule has 1 aromatic rings. The number of aromatic hydroxyl groups is 1. The zero-order chi connectivity index (χ0) is 12.0. The van der Waals surface area contributed by atoms with Crippen LogP contribution in [0.15, 0.2) is 10.5 Å². The van der Waals surface area contributed by atoms with Gasteiger partial charge in [-0.15, -0.1) is 0 Å². The summed E-state index contributed by atoms with van der Waals surface area (Å²) in [6.07, 6.45) is 3.90. The number of hydrogen-bond donors (Lipinski definition) is 2. The van der Waals surface area contributed by atoms with E-state index in [2.05, 4.69) is 15.9 Å². The third-order valence-electron chi connectivity index (χ3n) is 3.58. The fraction of sp³-hybridized carbons (Fsp3) is 0.500. The first-order valence-corrected chi connectivity index (χ1v) is 6.51. The van der Waals surface area contributed by atoms with Gasteiger partial charge in [-0.05, 0) is 28.8 Å². The lowest BCUT2D eigenvalue weighted by molar-refractivity contribution is 0.171. The molecule has 0 saturated heterocycles. The molecule has 0 atom stereocenters. The van der Waals surface area contributed by atoms with Gasteiger partial charge in [0.05, 0.1) is 10.0 Å². The van der Waals surface area contributed by atoms with Crippen molar-refractivity contribution in [2.24, 2.45) is 5.73 Å². The van der Waals surface area contributed by atoms with Gasteiger partial charge in [-0.25, -0.2) is 0 Å². The molecule has 3 N–H and O–H groups in total. The second kappa shape index (κ2) is 3.78. The number of nitrogens with two attached hydrogens (primary N) is 1. The van der Waals surface area contributed by atoms with E-state index in [1.165, 1.54) is 0 Å². The van der Waals surface area contributed by atoms with Crippen LogP contribution in [0.5, 0.6) is 17.2 Å². The van der Waals surface area contributed by atoms with Crippen LogP contribution in [0, 0.1) is 0 Å². The van der Waals surface area contributed by atoms with Crippen molar-refractivity contribution in [2.45, 2.75) is 31.2 Å². The number of phenols is 1. The summed E-state index contributed by atoms with van der Waals surface area (Å²) in [5, 5.41) is 10.2. The molecule has 3 rings (SSSR count). The summed E-state index contributed by atoms with van der Waals surface area (Å²) < 4.78 is 11.4. The van der Waals surface area contributed by atoms with Crippen molar-refractivity contribution in [1.29, 1.82) is 0 Å². The summed E-state index contributed by atoms with van der Waals surface area (Å²) in [6, 6.07) is 1.72. The molecule has 1 heterocycles. The van der Waals surface area contributed by atoms with E-state index in [1.54, 1.807) is 6.07 Å². The molecule has 0 radical (unpaired) electrons. The average molecular weight is 300 g/mol. The van der Waals surface area contributed by atoms with Crippen LogP contribution in [-0.4, -0.2) is 11.9 Å². The average Bonchev–Trinajstić information content (AvgIpc) is 2.89. The van der Waals surface area contributed by atoms with Crippen molar-refractivity contribution in [2.75, 3.05) is 6.79 Å². The Balaban J connectivity index is 2.21. The molecule has 0 bridgehead atoms. The molecule has 0 aromatic heterocycles. The van der Waals surface area contributed by atoms with Gasteiger partial charge in [-0.3, -0.25) is 0 Å². The van der Waals surface area contributed by atoms with Crippen LogP contribution in [0.1, 0.15) is 31.2 Å². The van der Waals surface area contributed by atoms with E-state index >= 15 is 0 Å². The summed E-state index contributed by atoms with van der Waals surface area (Å²) in [7, 11) is 0. The van der Waals surface area contributed by atoms with E-state index in [-0.39, 0.29) is 12.5 Å². The standard InChI is InChI=1S/C12H14BrNO3/c13-7-5-8-11(17-6-16-8)9(10(7)15)12(14)3-1-2-4-12/h5,15H,1-4,6,14H2. The first kappa shape index (κ1) is 11.2. The van der Waals surface area contributed by atoms with Crippen LogP contribution in [0.3, 0.4) is 0 Å². The molecule has 92 valence electrons. The number of fused-ring (bicyclic) bond motifs is 1. The lowest BCUT2D eigenvalue weighted by Gasteiger charge is -2.26. The predicted molar refractivity (Wildman–Crippen MR) is 66.3 cm³/mol. The van der Waals surface area contributed by atoms with Crippen LogP contribution in [0.4, 0.5) is 0 Å². The highest BCUT2D eigenvalue weighted by Gasteiger charge is 2.39. The third-order valence-corrected chi connectivity index (χ3v) is 4.19. The Hall–Kier alpha value is -0.940. The van der Waals surface area contributed by atoms with Crippen LogP contribution in [0.25, 0.3) is 0 Å². The maximum atomic E-state index is 10.2. The van der Waals surface area contributed by atoms with Crippen LogP contribution < -0.4 is 15.2 Å². The molecule has 0 spiro atoms. The van der Waals surface area contributed by atoms with Crippen molar-refractivity contribution < 1.29 is 14.6 Å². The fourth-order valence-electron chi connectivity index (χ4n) is 2.72. The summed E-state index contributed by atoms with van der Waals surface area (Å²) in [6.45, 7) is 0.189. The number of benzene rings is 1. The van der Waals surface area contributed by atoms with Crippen molar-refractivity contribution in [1.82, 2.24) is 0 Å². The van der Waals surface area contributed by atoms with Gasteiger partial charge < -0.3 is 20.3 Å². The van der Waals surface area contributed by atoms with Crippen molar-refractivity contribution in [3.63, 3.8) is 0 Å². The third kappa shape index (κ3) is 1.60. The quantitative estimate of drug-likeness (QED) is 0.837. The van der Waals surface area contributed by atoms with Gasteiger partial charge >= 0.3 is 0 Å². The second-order valence-electron chi connectivity index (χ2n) is 4.68. The molecular weight excluding hydrogens is 286 g/mol. The summed E-state index contributed by atoms with van der Waals surface area (Å²) in [5.41, 5.74) is 6.60. The first-order chi connectivity index (χ1) is 8.12. The Morgan fingerprint density at radius 3 is 2.71 bits per heavy atom. The normalized spacial score (nSPS) is 20.8. The van der Waals surface area contributed by atoms with Gasteiger partial charge in [0, 0.05) is 11.6 Å². The number of hydrogen-bond acceptors (Lipinski definition) is 4. The van der Waals surface area contributed by atoms with E-state index in [0.717, 1.165) is 25.7 Å². The molecule has 1 aliphatic carbocycles. The Kier molecular flexibility index (Phi) is 2.48. The van der Waals surface area contributed by atoms with E-state index in [9.17, 15) is 5.11 Å². The Morgan fingerprint density at radius 2 is 2.00 bits per heavy atom. The van der Waals surface area contributed by atoms with E-state index in [1.807, 2.05) is 0 Å². The minimum atomic E-state index is -0.494. The van der Waals surface area contributed by atoms with Crippen LogP contribution in [0.2, 0.25) is 0 Å². The minimum absolute atomic E-state index is 0.179. The lowest BCUT2D eigenvalue weighted by atomic mass is 9.87. The molecule has 1 aliphatic heterocycles. The topological polar surface area (TPSA) is 64.7 Å². The maximum Gasteiger partial charge on any atom is 0.231 e. The summed E-state index contributed by atoms with van der Waals surface area (Å²) in [5.74, 6) is 1.44. The molecule has 17 heavy (non-hydrogen) atoms. The highest BCUT2D eigenvalue weighted by Crippen LogP contribution is 2.52. The predicted octanol–water partition coefficient (Wildman–Crippen LogP) is 2.61. The highest BCUT2D eigenvalue weighted by molar-refractivity contribution is 9.10. The Bertz CT molecular complexity index is 469. The van der Waals surface area contributed by atoms with Crippen LogP contribution in [-0.2, 0) is 5.54 Å². The zero-order valence-electron chi connectivity index (χ0n) is 9.33. The largest absolute Gasteiger partial charge is 0.506 e. The van der Waals surface area contributed by atoms with Crippen molar-refractivity contribution in [3.05, 3.63) is 16.1 Å². The van der Waals surface area contributed by atoms with Gasteiger partial charge in [0.15, 0.2) is 11.5 Å². The van der Waals surface area contributed by atoms with Gasteiger partial charge in [0.25, 0.3) is 0 Å². The Morgan fingerprint density at radius 1 is 1.29 bits per heavy atom. The number of halogens is 1. The number of phenolic OH excluding ortho intramolecular Hbond substituents is 1. The molecule has 1 aromatic carbocycles. The number of ether oxygens (including phenoxy) is 2. The summed E-state index contributed by atoms with van der Waals surface area (Å²) in [4.78, 5) is 0. The van der Waals surface area contributed by atoms with E-state index in [4.69, 9.17) is 15.2 Å². The zero-order valence-corrected chi connectivity index (χ0v) is 10.9. The van der Waals surface area contributed by atoms with Crippen LogP contribution >= 0.6 is 15.9 Å². The highest BCUT2D eigenvalue weighted by atomic mass is 79.9. The number of rotatable bonds is 1. The lowest BCUT2D eigenvalue weighted by Crippen LogP contribution is -2.33. The summed E-state index contributed by atoms with van der Waals surface area (Å²) >= 11 is 3.33. The fourth-order valence-corrected chi connectivity index (χ4v) is 3.13. The van der Waals surface area contributed by atoms with Crippen molar-refractivity contribution >= 4 is 15.9 Å². The monoisotopic (exact) mass is 299 g/mol. The second-order valence-corrected chi connectivity index (χ2v) is 5.53. The first-order valence-electron chi connectivity index (χ1n) is 5.72. The van der Waals surface area contributed by atoms with Gasteiger partial charge in [-0.1, -0.05) is 12.8 Å². The minimum Gasteiger partial charge on any atom is -0.506 e. The molecule has 4 nitrogen and oxygen atoms in total. The van der Waals surface area contributed by atoms with Crippen molar-refractivity contribution in [3.8, 4) is 17.2 Å². The van der Waals surface area contributed by atoms with Gasteiger partial charge in [0.2, 0.25) is 6.79 Å². The molecule has 1 fully saturated rings. The van der Waals surface area contributed by atoms with Gasteiger partial charge in [0.1, 0.15) is 5.75 Å². The molecule has 1 saturated carbocycles. The maximum absolute atomic E-state index is 10.2. The van der Waals surface area contributed by atoms with E-state index in [0.29, 0.717) is 21.5 Å². The smallest absolute Gasteiger partial charge is 0.231 e. The van der Waals surface area contributed by atoms with E-state index < -0.39 is 5.54 Å². The van der Waals surface area contributed by atoms with Gasteiger partial charge in [-0.2, -0.15) is 0 Å². The molecule has 0 amide bonds.